The SMILES string of the molecule is O=C1CCN(CC(=O)c2cccc(Cl)c2)CC1. The average Bonchev–Trinajstić information content (AvgIpc) is 2.32. The van der Waals surface area contributed by atoms with E-state index in [-0.39, 0.29) is 11.6 Å². The van der Waals surface area contributed by atoms with Gasteiger partial charge >= 0.3 is 0 Å². The number of rotatable bonds is 3. The molecule has 0 saturated carbocycles. The van der Waals surface area contributed by atoms with Gasteiger partial charge in [-0.05, 0) is 12.1 Å². The highest BCUT2D eigenvalue weighted by molar-refractivity contribution is 6.31. The van der Waals surface area contributed by atoms with E-state index in [0.717, 1.165) is 0 Å². The summed E-state index contributed by atoms with van der Waals surface area (Å²) in [6.45, 7) is 1.74. The molecule has 0 aliphatic carbocycles. The predicted molar refractivity (Wildman–Crippen MR) is 66.5 cm³/mol. The van der Waals surface area contributed by atoms with E-state index in [9.17, 15) is 9.59 Å². The molecular weight excluding hydrogens is 238 g/mol. The van der Waals surface area contributed by atoms with E-state index in [1.807, 2.05) is 4.90 Å². The number of hydrogen-bond acceptors (Lipinski definition) is 3. The van der Waals surface area contributed by atoms with Crippen LogP contribution in [0.25, 0.3) is 0 Å². The lowest BCUT2D eigenvalue weighted by molar-refractivity contribution is -0.121. The Balaban J connectivity index is 1.95. The van der Waals surface area contributed by atoms with Crippen molar-refractivity contribution in [2.75, 3.05) is 19.6 Å². The molecule has 0 aromatic heterocycles. The number of ketones is 2. The molecule has 90 valence electrons. The van der Waals surface area contributed by atoms with Crippen molar-refractivity contribution in [3.8, 4) is 0 Å². The highest BCUT2D eigenvalue weighted by atomic mass is 35.5. The van der Waals surface area contributed by atoms with Gasteiger partial charge in [0.2, 0.25) is 0 Å². The van der Waals surface area contributed by atoms with Gasteiger partial charge in [-0.3, -0.25) is 14.5 Å². The first-order valence-electron chi connectivity index (χ1n) is 5.68. The van der Waals surface area contributed by atoms with E-state index in [0.29, 0.717) is 43.1 Å². The number of halogens is 1. The molecule has 3 nitrogen and oxygen atoms in total. The van der Waals surface area contributed by atoms with Gasteiger partial charge in [0.05, 0.1) is 6.54 Å². The van der Waals surface area contributed by atoms with E-state index in [1.165, 1.54) is 0 Å². The molecule has 0 atom stereocenters. The van der Waals surface area contributed by atoms with Crippen molar-refractivity contribution in [3.05, 3.63) is 34.9 Å². The Morgan fingerprint density at radius 3 is 2.65 bits per heavy atom. The molecule has 1 aliphatic rings. The summed E-state index contributed by atoms with van der Waals surface area (Å²) in [7, 11) is 0. The Kier molecular flexibility index (Phi) is 3.92. The molecule has 1 aliphatic heterocycles. The molecular formula is C13H14ClNO2. The fourth-order valence-corrected chi connectivity index (χ4v) is 2.11. The van der Waals surface area contributed by atoms with Crippen LogP contribution in [0.15, 0.2) is 24.3 Å². The predicted octanol–water partition coefficient (Wildman–Crippen LogP) is 2.19. The molecule has 1 saturated heterocycles. The molecule has 0 unspecified atom stereocenters. The quantitative estimate of drug-likeness (QED) is 0.773. The largest absolute Gasteiger partial charge is 0.300 e. The molecule has 0 N–H and O–H groups in total. The normalized spacial score (nSPS) is 17.1. The number of benzene rings is 1. The molecule has 4 heteroatoms. The molecule has 0 spiro atoms. The van der Waals surface area contributed by atoms with Crippen molar-refractivity contribution in [2.24, 2.45) is 0 Å². The van der Waals surface area contributed by atoms with Crippen LogP contribution >= 0.6 is 11.6 Å². The maximum absolute atomic E-state index is 12.0. The van der Waals surface area contributed by atoms with Gasteiger partial charge < -0.3 is 0 Å². The van der Waals surface area contributed by atoms with Crippen LogP contribution in [0.4, 0.5) is 0 Å². The van der Waals surface area contributed by atoms with Crippen LogP contribution in [0.1, 0.15) is 23.2 Å². The van der Waals surface area contributed by atoms with E-state index in [1.54, 1.807) is 24.3 Å². The number of likely N-dealkylation sites (tertiary alicyclic amines) is 1. The number of hydrogen-bond donors (Lipinski definition) is 0. The molecule has 1 heterocycles. The molecule has 1 aromatic rings. The van der Waals surface area contributed by atoms with E-state index < -0.39 is 0 Å². The third-order valence-electron chi connectivity index (χ3n) is 2.93. The van der Waals surface area contributed by atoms with Crippen molar-refractivity contribution >= 4 is 23.2 Å². The second kappa shape index (κ2) is 5.43. The zero-order chi connectivity index (χ0) is 12.3. The number of carbonyl (C=O) groups excluding carboxylic acids is 2. The number of Topliss-reactive ketones (excluding diaryl/α,β-unsaturated/α-hetero) is 2. The van der Waals surface area contributed by atoms with Gasteiger partial charge in [-0.15, -0.1) is 0 Å². The molecule has 1 aromatic carbocycles. The van der Waals surface area contributed by atoms with Gasteiger partial charge in [0.25, 0.3) is 0 Å². The second-order valence-corrected chi connectivity index (χ2v) is 4.68. The molecule has 0 amide bonds. The van der Waals surface area contributed by atoms with E-state index >= 15 is 0 Å². The van der Waals surface area contributed by atoms with Gasteiger partial charge in [0.15, 0.2) is 5.78 Å². The maximum atomic E-state index is 12.0. The lowest BCUT2D eigenvalue weighted by Gasteiger charge is -2.24. The molecule has 0 bridgehead atoms. The molecule has 1 fully saturated rings. The summed E-state index contributed by atoms with van der Waals surface area (Å²) in [5.74, 6) is 0.346. The lowest BCUT2D eigenvalue weighted by Crippen LogP contribution is -2.37. The smallest absolute Gasteiger partial charge is 0.176 e. The Labute approximate surface area is 105 Å². The van der Waals surface area contributed by atoms with Gasteiger partial charge in [-0.2, -0.15) is 0 Å². The Bertz CT molecular complexity index is 435. The van der Waals surface area contributed by atoms with Gasteiger partial charge in [0, 0.05) is 36.5 Å². The number of nitrogens with zero attached hydrogens (tertiary/aromatic N) is 1. The van der Waals surface area contributed by atoms with Crippen LogP contribution in [0.3, 0.4) is 0 Å². The summed E-state index contributed by atoms with van der Waals surface area (Å²) in [4.78, 5) is 25.1. The van der Waals surface area contributed by atoms with Gasteiger partial charge in [0.1, 0.15) is 5.78 Å². The van der Waals surface area contributed by atoms with Gasteiger partial charge in [-0.25, -0.2) is 0 Å². The van der Waals surface area contributed by atoms with Crippen LogP contribution in [0.2, 0.25) is 5.02 Å². The average molecular weight is 252 g/mol. The summed E-state index contributed by atoms with van der Waals surface area (Å²) in [6.07, 6.45) is 1.12. The maximum Gasteiger partial charge on any atom is 0.176 e. The summed E-state index contributed by atoms with van der Waals surface area (Å²) in [5, 5.41) is 0.574. The monoisotopic (exact) mass is 251 g/mol. The fraction of sp³-hybridized carbons (Fsp3) is 0.385. The zero-order valence-corrected chi connectivity index (χ0v) is 10.2. The number of piperidine rings is 1. The Hall–Kier alpha value is -1.19. The van der Waals surface area contributed by atoms with Crippen LogP contribution in [-0.2, 0) is 4.79 Å². The topological polar surface area (TPSA) is 37.4 Å². The summed E-state index contributed by atoms with van der Waals surface area (Å²) >= 11 is 5.84. The summed E-state index contributed by atoms with van der Waals surface area (Å²) in [6, 6.07) is 6.97. The standard InChI is InChI=1S/C13H14ClNO2/c14-11-3-1-2-10(8-11)13(17)9-15-6-4-12(16)5-7-15/h1-3,8H,4-7,9H2. The summed E-state index contributed by atoms with van der Waals surface area (Å²) < 4.78 is 0. The van der Waals surface area contributed by atoms with Crippen molar-refractivity contribution in [1.82, 2.24) is 4.90 Å². The van der Waals surface area contributed by atoms with Crippen molar-refractivity contribution in [2.45, 2.75) is 12.8 Å². The third-order valence-corrected chi connectivity index (χ3v) is 3.16. The number of carbonyl (C=O) groups is 2. The molecule has 17 heavy (non-hydrogen) atoms. The fourth-order valence-electron chi connectivity index (χ4n) is 1.92. The molecule has 0 radical (unpaired) electrons. The minimum Gasteiger partial charge on any atom is -0.300 e. The first-order valence-corrected chi connectivity index (χ1v) is 6.06. The van der Waals surface area contributed by atoms with Gasteiger partial charge in [-0.1, -0.05) is 23.7 Å². The van der Waals surface area contributed by atoms with E-state index in [4.69, 9.17) is 11.6 Å². The van der Waals surface area contributed by atoms with Crippen LogP contribution < -0.4 is 0 Å². The first kappa shape index (κ1) is 12.3. The Morgan fingerprint density at radius 1 is 1.29 bits per heavy atom. The van der Waals surface area contributed by atoms with Crippen LogP contribution in [0, 0.1) is 0 Å². The highest BCUT2D eigenvalue weighted by Crippen LogP contribution is 2.13. The third kappa shape index (κ3) is 3.38. The molecule has 2 rings (SSSR count). The minimum atomic E-state index is 0.0573. The van der Waals surface area contributed by atoms with E-state index in [2.05, 4.69) is 0 Å². The lowest BCUT2D eigenvalue weighted by atomic mass is 10.1. The minimum absolute atomic E-state index is 0.0573. The van der Waals surface area contributed by atoms with Crippen LogP contribution in [0.5, 0.6) is 0 Å². The van der Waals surface area contributed by atoms with Crippen molar-refractivity contribution in [3.63, 3.8) is 0 Å². The van der Waals surface area contributed by atoms with Crippen molar-refractivity contribution < 1.29 is 9.59 Å². The van der Waals surface area contributed by atoms with Crippen LogP contribution in [-0.4, -0.2) is 36.1 Å². The second-order valence-electron chi connectivity index (χ2n) is 4.25. The summed E-state index contributed by atoms with van der Waals surface area (Å²) in [5.41, 5.74) is 0.634. The highest BCUT2D eigenvalue weighted by Gasteiger charge is 2.18. The first-order chi connectivity index (χ1) is 8.15. The Morgan fingerprint density at radius 2 is 2.00 bits per heavy atom. The van der Waals surface area contributed by atoms with Crippen molar-refractivity contribution in [1.29, 1.82) is 0 Å². The zero-order valence-electron chi connectivity index (χ0n) is 9.49.